The van der Waals surface area contributed by atoms with Crippen LogP contribution in [-0.4, -0.2) is 25.9 Å². The van der Waals surface area contributed by atoms with E-state index in [4.69, 9.17) is 9.47 Å². The van der Waals surface area contributed by atoms with Gasteiger partial charge in [0.2, 0.25) is 5.91 Å². The molecule has 1 aromatic rings. The molecule has 0 heterocycles. The molecule has 120 valence electrons. The second-order valence-electron chi connectivity index (χ2n) is 5.83. The molecule has 22 heavy (non-hydrogen) atoms. The van der Waals surface area contributed by atoms with Gasteiger partial charge in [0.25, 0.3) is 0 Å². The van der Waals surface area contributed by atoms with E-state index in [2.05, 4.69) is 12.2 Å². The molecule has 2 rings (SSSR count). The minimum atomic E-state index is -0.0153. The van der Waals surface area contributed by atoms with Gasteiger partial charge in [0, 0.05) is 19.2 Å². The van der Waals surface area contributed by atoms with E-state index in [-0.39, 0.29) is 12.7 Å². The van der Waals surface area contributed by atoms with Crippen LogP contribution < -0.4 is 10.1 Å². The predicted molar refractivity (Wildman–Crippen MR) is 87.5 cm³/mol. The zero-order valence-electron chi connectivity index (χ0n) is 13.4. The highest BCUT2D eigenvalue weighted by Crippen LogP contribution is 2.23. The summed E-state index contributed by atoms with van der Waals surface area (Å²) in [5, 5.41) is 3.11. The van der Waals surface area contributed by atoms with E-state index in [1.54, 1.807) is 13.2 Å². The first-order valence-electron chi connectivity index (χ1n) is 7.89. The van der Waals surface area contributed by atoms with Crippen molar-refractivity contribution in [1.82, 2.24) is 5.32 Å². The number of benzene rings is 1. The molecular formula is C18H25NO3. The van der Waals surface area contributed by atoms with E-state index in [0.717, 1.165) is 17.7 Å². The summed E-state index contributed by atoms with van der Waals surface area (Å²) < 4.78 is 10.2. The molecule has 0 aromatic heterocycles. The van der Waals surface area contributed by atoms with Crippen LogP contribution in [-0.2, 0) is 9.53 Å². The summed E-state index contributed by atoms with van der Waals surface area (Å²) in [6, 6.07) is 7.87. The van der Waals surface area contributed by atoms with Gasteiger partial charge < -0.3 is 14.8 Å². The Morgan fingerprint density at radius 1 is 1.27 bits per heavy atom. The van der Waals surface area contributed by atoms with Crippen LogP contribution in [0.15, 0.2) is 30.3 Å². The molecule has 1 amide bonds. The molecule has 1 N–H and O–H groups in total. The Kier molecular flexibility index (Phi) is 6.46. The minimum absolute atomic E-state index is 0.0153. The molecule has 4 nitrogen and oxygen atoms in total. The van der Waals surface area contributed by atoms with Gasteiger partial charge in [0.15, 0.2) is 6.79 Å². The number of hydrogen-bond acceptors (Lipinski definition) is 3. The monoisotopic (exact) mass is 303 g/mol. The molecule has 0 bridgehead atoms. The largest absolute Gasteiger partial charge is 0.468 e. The molecule has 1 fully saturated rings. The smallest absolute Gasteiger partial charge is 0.244 e. The summed E-state index contributed by atoms with van der Waals surface area (Å²) >= 11 is 0. The lowest BCUT2D eigenvalue weighted by Gasteiger charge is -2.29. The lowest BCUT2D eigenvalue weighted by atomic mass is 9.86. The van der Waals surface area contributed by atoms with Crippen molar-refractivity contribution in [3.05, 3.63) is 35.9 Å². The van der Waals surface area contributed by atoms with Crippen LogP contribution in [0, 0.1) is 5.92 Å². The Labute approximate surface area is 132 Å². The minimum Gasteiger partial charge on any atom is -0.468 e. The highest BCUT2D eigenvalue weighted by Gasteiger charge is 2.21. The summed E-state index contributed by atoms with van der Waals surface area (Å²) in [4.78, 5) is 12.0. The third kappa shape index (κ3) is 5.19. The number of carbonyl (C=O) groups excluding carboxylic acids is 1. The highest BCUT2D eigenvalue weighted by molar-refractivity contribution is 5.91. The maximum atomic E-state index is 12.0. The Morgan fingerprint density at radius 2 is 2.00 bits per heavy atom. The van der Waals surface area contributed by atoms with Crippen molar-refractivity contribution in [2.45, 2.75) is 38.6 Å². The van der Waals surface area contributed by atoms with E-state index in [1.165, 1.54) is 19.3 Å². The first kappa shape index (κ1) is 16.6. The Balaban J connectivity index is 1.83. The van der Waals surface area contributed by atoms with Gasteiger partial charge in [-0.1, -0.05) is 31.9 Å². The Bertz CT molecular complexity index is 496. The number of methoxy groups -OCH3 is 1. The molecule has 1 saturated carbocycles. The van der Waals surface area contributed by atoms with Crippen molar-refractivity contribution in [1.29, 1.82) is 0 Å². The molecule has 1 aliphatic rings. The van der Waals surface area contributed by atoms with Crippen LogP contribution in [0.2, 0.25) is 0 Å². The van der Waals surface area contributed by atoms with Gasteiger partial charge in [-0.25, -0.2) is 0 Å². The summed E-state index contributed by atoms with van der Waals surface area (Å²) in [5.41, 5.74) is 0.969. The van der Waals surface area contributed by atoms with Crippen molar-refractivity contribution in [2.75, 3.05) is 13.9 Å². The van der Waals surface area contributed by atoms with Crippen LogP contribution in [0.3, 0.4) is 0 Å². The van der Waals surface area contributed by atoms with Gasteiger partial charge in [-0.15, -0.1) is 0 Å². The molecule has 2 unspecified atom stereocenters. The third-order valence-corrected chi connectivity index (χ3v) is 4.09. The van der Waals surface area contributed by atoms with Gasteiger partial charge in [0.1, 0.15) is 5.75 Å². The summed E-state index contributed by atoms with van der Waals surface area (Å²) in [6.07, 6.45) is 8.21. The van der Waals surface area contributed by atoms with Gasteiger partial charge in [-0.2, -0.15) is 0 Å². The van der Waals surface area contributed by atoms with Gasteiger partial charge in [0.05, 0.1) is 0 Å². The van der Waals surface area contributed by atoms with Crippen molar-refractivity contribution in [3.63, 3.8) is 0 Å². The number of rotatable bonds is 6. The molecule has 2 atom stereocenters. The lowest BCUT2D eigenvalue weighted by Crippen LogP contribution is -2.40. The van der Waals surface area contributed by atoms with Crippen molar-refractivity contribution >= 4 is 12.0 Å². The van der Waals surface area contributed by atoms with Crippen LogP contribution in [0.25, 0.3) is 6.08 Å². The summed E-state index contributed by atoms with van der Waals surface area (Å²) in [5.74, 6) is 1.31. The first-order chi connectivity index (χ1) is 10.7. The zero-order chi connectivity index (χ0) is 15.8. The number of nitrogens with one attached hydrogen (secondary N) is 1. The Morgan fingerprint density at radius 3 is 2.68 bits per heavy atom. The van der Waals surface area contributed by atoms with E-state index in [9.17, 15) is 4.79 Å². The molecule has 0 spiro atoms. The molecule has 0 radical (unpaired) electrons. The summed E-state index contributed by atoms with van der Waals surface area (Å²) in [6.45, 7) is 2.45. The molecule has 4 heteroatoms. The van der Waals surface area contributed by atoms with Crippen LogP contribution in [0.5, 0.6) is 5.75 Å². The summed E-state index contributed by atoms with van der Waals surface area (Å²) in [7, 11) is 1.59. The average Bonchev–Trinajstić information content (AvgIpc) is 2.54. The van der Waals surface area contributed by atoms with Crippen molar-refractivity contribution in [2.24, 2.45) is 5.92 Å². The first-order valence-corrected chi connectivity index (χ1v) is 7.89. The van der Waals surface area contributed by atoms with E-state index in [1.807, 2.05) is 30.3 Å². The fourth-order valence-corrected chi connectivity index (χ4v) is 2.74. The fraction of sp³-hybridized carbons (Fsp3) is 0.500. The third-order valence-electron chi connectivity index (χ3n) is 4.09. The fourth-order valence-electron chi connectivity index (χ4n) is 2.74. The number of amides is 1. The van der Waals surface area contributed by atoms with Crippen LogP contribution in [0.1, 0.15) is 38.2 Å². The predicted octanol–water partition coefficient (Wildman–Crippen LogP) is 3.38. The quantitative estimate of drug-likeness (QED) is 0.647. The average molecular weight is 303 g/mol. The molecule has 1 aliphatic carbocycles. The lowest BCUT2D eigenvalue weighted by molar-refractivity contribution is -0.117. The topological polar surface area (TPSA) is 47.6 Å². The number of ether oxygens (including phenoxy) is 2. The molecule has 0 aliphatic heterocycles. The molecule has 0 saturated heterocycles. The van der Waals surface area contributed by atoms with Gasteiger partial charge in [-0.05, 0) is 42.5 Å². The van der Waals surface area contributed by atoms with Crippen LogP contribution in [0.4, 0.5) is 0 Å². The van der Waals surface area contributed by atoms with E-state index >= 15 is 0 Å². The number of carbonyl (C=O) groups is 1. The van der Waals surface area contributed by atoms with Crippen LogP contribution >= 0.6 is 0 Å². The standard InChI is InChI=1S/C18H25NO3/c1-14-5-3-4-6-17(14)19-18(20)12-9-15-7-10-16(11-8-15)22-13-21-2/h7-12,14,17H,3-6,13H2,1-2H3,(H,19,20)/b12-9+. The van der Waals surface area contributed by atoms with Crippen molar-refractivity contribution in [3.8, 4) is 5.75 Å². The normalized spacial score (nSPS) is 21.7. The molecule has 1 aromatic carbocycles. The zero-order valence-corrected chi connectivity index (χ0v) is 13.4. The maximum absolute atomic E-state index is 12.0. The second kappa shape index (κ2) is 8.59. The van der Waals surface area contributed by atoms with Crippen molar-refractivity contribution < 1.29 is 14.3 Å². The SMILES string of the molecule is COCOc1ccc(/C=C/C(=O)NC2CCCCC2C)cc1. The second-order valence-corrected chi connectivity index (χ2v) is 5.83. The van der Waals surface area contributed by atoms with Gasteiger partial charge >= 0.3 is 0 Å². The van der Waals surface area contributed by atoms with E-state index in [0.29, 0.717) is 12.0 Å². The van der Waals surface area contributed by atoms with E-state index < -0.39 is 0 Å². The highest BCUT2D eigenvalue weighted by atomic mass is 16.7. The number of hydrogen-bond donors (Lipinski definition) is 1. The molecular weight excluding hydrogens is 278 g/mol. The maximum Gasteiger partial charge on any atom is 0.244 e. The Hall–Kier alpha value is -1.81. The van der Waals surface area contributed by atoms with Gasteiger partial charge in [-0.3, -0.25) is 4.79 Å².